The molecule has 0 aliphatic carbocycles. The van der Waals surface area contributed by atoms with Gasteiger partial charge in [0.05, 0.1) is 0 Å². The second-order valence-corrected chi connectivity index (χ2v) is 3.01. The number of hydrogen-bond donors (Lipinski definition) is 0. The molecular formula is C12H16. The fraction of sp³-hybridized carbons (Fsp3) is 0.333. The van der Waals surface area contributed by atoms with Gasteiger partial charge in [-0.1, -0.05) is 50.3 Å². The lowest BCUT2D eigenvalue weighted by atomic mass is 10.0. The molecule has 0 atom stereocenters. The Morgan fingerprint density at radius 3 is 2.75 bits per heavy atom. The molecule has 0 unspecified atom stereocenters. The Balaban J connectivity index is 2.75. The van der Waals surface area contributed by atoms with Crippen molar-refractivity contribution >= 4 is 6.08 Å². The molecule has 0 heteroatoms. The predicted molar refractivity (Wildman–Crippen MR) is 55.1 cm³/mol. The van der Waals surface area contributed by atoms with Crippen LogP contribution in [0.4, 0.5) is 0 Å². The van der Waals surface area contributed by atoms with Crippen LogP contribution in [-0.2, 0) is 6.42 Å². The zero-order valence-corrected chi connectivity index (χ0v) is 7.72. The van der Waals surface area contributed by atoms with Gasteiger partial charge >= 0.3 is 0 Å². The van der Waals surface area contributed by atoms with Gasteiger partial charge in [0.15, 0.2) is 0 Å². The summed E-state index contributed by atoms with van der Waals surface area (Å²) in [6.07, 6.45) is 5.64. The maximum absolute atomic E-state index is 3.80. The van der Waals surface area contributed by atoms with Gasteiger partial charge in [0.1, 0.15) is 0 Å². The SMILES string of the molecule is C=Cc1ccccc1CCCC. The molecule has 0 aliphatic rings. The van der Waals surface area contributed by atoms with E-state index in [4.69, 9.17) is 0 Å². The molecule has 0 spiro atoms. The Kier molecular flexibility index (Phi) is 3.59. The maximum atomic E-state index is 3.80. The zero-order valence-electron chi connectivity index (χ0n) is 7.72. The molecule has 0 N–H and O–H groups in total. The van der Waals surface area contributed by atoms with Crippen molar-refractivity contribution in [1.82, 2.24) is 0 Å². The van der Waals surface area contributed by atoms with E-state index in [-0.39, 0.29) is 0 Å². The van der Waals surface area contributed by atoms with Gasteiger partial charge in [-0.05, 0) is 24.0 Å². The van der Waals surface area contributed by atoms with E-state index in [1.165, 1.54) is 30.4 Å². The quantitative estimate of drug-likeness (QED) is 0.630. The summed E-state index contributed by atoms with van der Waals surface area (Å²) in [6.45, 7) is 6.02. The summed E-state index contributed by atoms with van der Waals surface area (Å²) in [5, 5.41) is 0. The molecular weight excluding hydrogens is 144 g/mol. The average Bonchev–Trinajstić information content (AvgIpc) is 2.15. The van der Waals surface area contributed by atoms with Crippen LogP contribution in [0.1, 0.15) is 30.9 Å². The Bertz CT molecular complexity index is 248. The summed E-state index contributed by atoms with van der Waals surface area (Å²) in [6, 6.07) is 8.47. The van der Waals surface area contributed by atoms with Crippen molar-refractivity contribution in [3.8, 4) is 0 Å². The summed E-state index contributed by atoms with van der Waals surface area (Å²) >= 11 is 0. The minimum absolute atomic E-state index is 1.18. The molecule has 0 heterocycles. The van der Waals surface area contributed by atoms with E-state index in [0.29, 0.717) is 0 Å². The summed E-state index contributed by atoms with van der Waals surface area (Å²) in [4.78, 5) is 0. The van der Waals surface area contributed by atoms with Gasteiger partial charge in [0.2, 0.25) is 0 Å². The topological polar surface area (TPSA) is 0 Å². The van der Waals surface area contributed by atoms with Gasteiger partial charge in [-0.25, -0.2) is 0 Å². The van der Waals surface area contributed by atoms with E-state index in [1.54, 1.807) is 0 Å². The first-order valence-electron chi connectivity index (χ1n) is 4.58. The maximum Gasteiger partial charge on any atom is -0.0230 e. The molecule has 1 rings (SSSR count). The molecule has 0 amide bonds. The van der Waals surface area contributed by atoms with Crippen molar-refractivity contribution < 1.29 is 0 Å². The summed E-state index contributed by atoms with van der Waals surface area (Å²) in [5.74, 6) is 0. The largest absolute Gasteiger partial charge is 0.0985 e. The van der Waals surface area contributed by atoms with Crippen LogP contribution in [0.3, 0.4) is 0 Å². The van der Waals surface area contributed by atoms with Crippen LogP contribution in [0.25, 0.3) is 6.08 Å². The van der Waals surface area contributed by atoms with Crippen LogP contribution in [0.2, 0.25) is 0 Å². The first-order valence-corrected chi connectivity index (χ1v) is 4.58. The van der Waals surface area contributed by atoms with Gasteiger partial charge in [-0.3, -0.25) is 0 Å². The molecule has 0 saturated heterocycles. The number of benzene rings is 1. The first kappa shape index (κ1) is 9.05. The molecule has 1 aromatic rings. The van der Waals surface area contributed by atoms with Gasteiger partial charge in [0, 0.05) is 0 Å². The van der Waals surface area contributed by atoms with Crippen molar-refractivity contribution in [2.45, 2.75) is 26.2 Å². The standard InChI is InChI=1S/C12H16/c1-3-5-8-12-10-7-6-9-11(12)4-2/h4,6-7,9-10H,2-3,5,8H2,1H3. The third-order valence-electron chi connectivity index (χ3n) is 2.07. The van der Waals surface area contributed by atoms with Crippen LogP contribution < -0.4 is 0 Å². The molecule has 0 saturated carbocycles. The number of unbranched alkanes of at least 4 members (excludes halogenated alkanes) is 1. The Hall–Kier alpha value is -1.04. The molecule has 64 valence electrons. The van der Waals surface area contributed by atoms with E-state index in [9.17, 15) is 0 Å². The lowest BCUT2D eigenvalue weighted by Crippen LogP contribution is -1.87. The molecule has 0 aromatic heterocycles. The summed E-state index contributed by atoms with van der Waals surface area (Å²) in [7, 11) is 0. The Labute approximate surface area is 74.9 Å². The molecule has 0 aliphatic heterocycles. The lowest BCUT2D eigenvalue weighted by molar-refractivity contribution is 0.794. The number of hydrogen-bond acceptors (Lipinski definition) is 0. The van der Waals surface area contributed by atoms with Crippen molar-refractivity contribution in [3.05, 3.63) is 42.0 Å². The summed E-state index contributed by atoms with van der Waals surface area (Å²) in [5.41, 5.74) is 2.71. The van der Waals surface area contributed by atoms with E-state index in [2.05, 4.69) is 37.8 Å². The first-order chi connectivity index (χ1) is 5.88. The third kappa shape index (κ3) is 2.23. The highest BCUT2D eigenvalue weighted by Crippen LogP contribution is 2.12. The van der Waals surface area contributed by atoms with E-state index in [1.807, 2.05) is 6.08 Å². The second-order valence-electron chi connectivity index (χ2n) is 3.01. The van der Waals surface area contributed by atoms with E-state index in [0.717, 1.165) is 0 Å². The lowest BCUT2D eigenvalue weighted by Gasteiger charge is -2.03. The molecule has 12 heavy (non-hydrogen) atoms. The van der Waals surface area contributed by atoms with Gasteiger partial charge in [0.25, 0.3) is 0 Å². The highest BCUT2D eigenvalue weighted by molar-refractivity contribution is 5.51. The zero-order chi connectivity index (χ0) is 8.81. The average molecular weight is 160 g/mol. The minimum atomic E-state index is 1.18. The van der Waals surface area contributed by atoms with Crippen LogP contribution in [0, 0.1) is 0 Å². The molecule has 0 radical (unpaired) electrons. The van der Waals surface area contributed by atoms with Crippen molar-refractivity contribution in [2.24, 2.45) is 0 Å². The van der Waals surface area contributed by atoms with Gasteiger partial charge < -0.3 is 0 Å². The fourth-order valence-electron chi connectivity index (χ4n) is 1.33. The molecule has 0 bridgehead atoms. The predicted octanol–water partition coefficient (Wildman–Crippen LogP) is 3.67. The fourth-order valence-corrected chi connectivity index (χ4v) is 1.33. The smallest absolute Gasteiger partial charge is 0.0230 e. The highest BCUT2D eigenvalue weighted by Gasteiger charge is 1.95. The third-order valence-corrected chi connectivity index (χ3v) is 2.07. The normalized spacial score (nSPS) is 9.75. The van der Waals surface area contributed by atoms with Crippen LogP contribution >= 0.6 is 0 Å². The van der Waals surface area contributed by atoms with Gasteiger partial charge in [-0.2, -0.15) is 0 Å². The Morgan fingerprint density at radius 2 is 2.08 bits per heavy atom. The molecule has 0 fully saturated rings. The number of rotatable bonds is 4. The highest BCUT2D eigenvalue weighted by atomic mass is 14.0. The molecule has 0 nitrogen and oxygen atoms in total. The van der Waals surface area contributed by atoms with E-state index >= 15 is 0 Å². The van der Waals surface area contributed by atoms with Crippen LogP contribution in [-0.4, -0.2) is 0 Å². The number of aryl methyl sites for hydroxylation is 1. The van der Waals surface area contributed by atoms with E-state index < -0.39 is 0 Å². The molecule has 1 aromatic carbocycles. The van der Waals surface area contributed by atoms with Crippen molar-refractivity contribution in [3.63, 3.8) is 0 Å². The minimum Gasteiger partial charge on any atom is -0.0985 e. The van der Waals surface area contributed by atoms with Crippen LogP contribution in [0.15, 0.2) is 30.8 Å². The second kappa shape index (κ2) is 4.76. The monoisotopic (exact) mass is 160 g/mol. The van der Waals surface area contributed by atoms with Crippen LogP contribution in [0.5, 0.6) is 0 Å². The van der Waals surface area contributed by atoms with Crippen molar-refractivity contribution in [1.29, 1.82) is 0 Å². The van der Waals surface area contributed by atoms with Crippen molar-refractivity contribution in [2.75, 3.05) is 0 Å². The van der Waals surface area contributed by atoms with Gasteiger partial charge in [-0.15, -0.1) is 0 Å². The summed E-state index contributed by atoms with van der Waals surface area (Å²) < 4.78 is 0. The Morgan fingerprint density at radius 1 is 1.33 bits per heavy atom.